The fourth-order valence-corrected chi connectivity index (χ4v) is 4.27. The van der Waals surface area contributed by atoms with Gasteiger partial charge < -0.3 is 19.9 Å². The molecular weight excluding hydrogens is 428 g/mol. The van der Waals surface area contributed by atoms with Crippen LogP contribution in [0.3, 0.4) is 0 Å². The van der Waals surface area contributed by atoms with Crippen molar-refractivity contribution < 1.29 is 19.4 Å². The highest BCUT2D eigenvalue weighted by Gasteiger charge is 2.23. The SMILES string of the molecule is COc1ccc(Nc2c(-c3nc(OC)cs3)c(C)nn2-c2ccccc2C)c(C(=O)O)c1. The van der Waals surface area contributed by atoms with Crippen molar-refractivity contribution in [3.05, 3.63) is 64.7 Å². The van der Waals surface area contributed by atoms with Crippen LogP contribution in [0.25, 0.3) is 16.3 Å². The first kappa shape index (κ1) is 21.4. The molecule has 0 aliphatic rings. The molecule has 2 heterocycles. The van der Waals surface area contributed by atoms with Crippen LogP contribution < -0.4 is 14.8 Å². The molecule has 2 N–H and O–H groups in total. The molecule has 0 unspecified atom stereocenters. The molecule has 0 saturated heterocycles. The Morgan fingerprint density at radius 3 is 2.56 bits per heavy atom. The van der Waals surface area contributed by atoms with Crippen LogP contribution in [0.1, 0.15) is 21.6 Å². The maximum atomic E-state index is 11.9. The van der Waals surface area contributed by atoms with E-state index in [0.29, 0.717) is 28.1 Å². The zero-order valence-corrected chi connectivity index (χ0v) is 18.9. The molecule has 164 valence electrons. The first-order chi connectivity index (χ1) is 15.4. The Kier molecular flexibility index (Phi) is 5.83. The normalized spacial score (nSPS) is 10.8. The molecule has 0 fully saturated rings. The number of aromatic carboxylic acids is 1. The minimum absolute atomic E-state index is 0.0854. The predicted octanol–water partition coefficient (Wildman–Crippen LogP) is 5.07. The molecule has 0 saturated carbocycles. The van der Waals surface area contributed by atoms with Gasteiger partial charge >= 0.3 is 5.97 Å². The molecule has 0 atom stereocenters. The molecular formula is C23H22N4O4S. The van der Waals surface area contributed by atoms with E-state index < -0.39 is 5.97 Å². The summed E-state index contributed by atoms with van der Waals surface area (Å²) >= 11 is 1.43. The Balaban J connectivity index is 1.93. The number of nitrogens with zero attached hydrogens (tertiary/aromatic N) is 3. The number of aryl methyl sites for hydroxylation is 2. The first-order valence-electron chi connectivity index (χ1n) is 9.76. The number of anilines is 2. The van der Waals surface area contributed by atoms with Crippen molar-refractivity contribution in [1.29, 1.82) is 0 Å². The van der Waals surface area contributed by atoms with E-state index in [2.05, 4.69) is 10.3 Å². The highest BCUT2D eigenvalue weighted by Crippen LogP contribution is 2.39. The lowest BCUT2D eigenvalue weighted by Crippen LogP contribution is -2.08. The zero-order chi connectivity index (χ0) is 22.8. The summed E-state index contributed by atoms with van der Waals surface area (Å²) in [6.45, 7) is 3.90. The fraction of sp³-hybridized carbons (Fsp3) is 0.174. The van der Waals surface area contributed by atoms with Gasteiger partial charge in [-0.1, -0.05) is 18.2 Å². The Bertz CT molecular complexity index is 1300. The van der Waals surface area contributed by atoms with Crippen LogP contribution in [0.5, 0.6) is 11.6 Å². The number of ether oxygens (including phenoxy) is 2. The number of rotatable bonds is 7. The summed E-state index contributed by atoms with van der Waals surface area (Å²) in [5, 5.41) is 20.4. The lowest BCUT2D eigenvalue weighted by atomic mass is 10.1. The summed E-state index contributed by atoms with van der Waals surface area (Å²) in [6.07, 6.45) is 0. The number of aromatic nitrogens is 3. The molecule has 0 spiro atoms. The average Bonchev–Trinajstić information content (AvgIpc) is 3.38. The van der Waals surface area contributed by atoms with Crippen LogP contribution in [0.4, 0.5) is 11.5 Å². The van der Waals surface area contributed by atoms with Gasteiger partial charge in [-0.15, -0.1) is 11.3 Å². The number of methoxy groups -OCH3 is 2. The smallest absolute Gasteiger partial charge is 0.337 e. The van der Waals surface area contributed by atoms with Gasteiger partial charge in [0, 0.05) is 0 Å². The summed E-state index contributed by atoms with van der Waals surface area (Å²) in [5.41, 5.74) is 3.92. The van der Waals surface area contributed by atoms with Gasteiger partial charge in [-0.3, -0.25) is 0 Å². The molecule has 0 aliphatic heterocycles. The lowest BCUT2D eigenvalue weighted by molar-refractivity contribution is 0.0697. The lowest BCUT2D eigenvalue weighted by Gasteiger charge is -2.15. The number of carboxylic acids is 1. The maximum absolute atomic E-state index is 11.9. The molecule has 0 aliphatic carbocycles. The molecule has 0 amide bonds. The number of nitrogens with one attached hydrogen (secondary N) is 1. The van der Waals surface area contributed by atoms with Crippen LogP contribution in [0.2, 0.25) is 0 Å². The molecule has 2 aromatic carbocycles. The van der Waals surface area contributed by atoms with Gasteiger partial charge in [0.15, 0.2) is 0 Å². The van der Waals surface area contributed by atoms with Crippen molar-refractivity contribution in [3.8, 4) is 27.9 Å². The second-order valence-electron chi connectivity index (χ2n) is 7.04. The van der Waals surface area contributed by atoms with Gasteiger partial charge in [0.25, 0.3) is 0 Å². The summed E-state index contributed by atoms with van der Waals surface area (Å²) in [6, 6.07) is 12.7. The minimum Gasteiger partial charge on any atom is -0.497 e. The largest absolute Gasteiger partial charge is 0.497 e. The van der Waals surface area contributed by atoms with E-state index in [1.54, 1.807) is 23.9 Å². The molecule has 4 aromatic rings. The summed E-state index contributed by atoms with van der Waals surface area (Å²) in [7, 11) is 3.07. The standard InChI is InChI=1S/C23H22N4O4S/c1-13-7-5-6-8-18(13)27-21(20(14(2)26-27)22-25-19(31-4)12-32-22)24-17-10-9-15(30-3)11-16(17)23(28)29/h5-12,24H,1-4H3,(H,28,29). The van der Waals surface area contributed by atoms with Crippen LogP contribution >= 0.6 is 11.3 Å². The Hall–Kier alpha value is -3.85. The van der Waals surface area contributed by atoms with Crippen LogP contribution in [-0.2, 0) is 0 Å². The number of carbonyl (C=O) groups is 1. The molecule has 2 aromatic heterocycles. The van der Waals surface area contributed by atoms with Gasteiger partial charge in [-0.05, 0) is 43.7 Å². The van der Waals surface area contributed by atoms with Gasteiger partial charge in [0.2, 0.25) is 5.88 Å². The summed E-state index contributed by atoms with van der Waals surface area (Å²) < 4.78 is 12.2. The Morgan fingerprint density at radius 1 is 1.12 bits per heavy atom. The second kappa shape index (κ2) is 8.72. The van der Waals surface area contributed by atoms with Gasteiger partial charge in [-0.25, -0.2) is 14.5 Å². The van der Waals surface area contributed by atoms with Gasteiger partial charge in [0.1, 0.15) is 16.6 Å². The Labute approximate surface area is 189 Å². The van der Waals surface area contributed by atoms with Crippen molar-refractivity contribution in [3.63, 3.8) is 0 Å². The number of thiazole rings is 1. The van der Waals surface area contributed by atoms with Gasteiger partial charge in [-0.2, -0.15) is 5.10 Å². The Morgan fingerprint density at radius 2 is 1.91 bits per heavy atom. The zero-order valence-electron chi connectivity index (χ0n) is 18.0. The maximum Gasteiger partial charge on any atom is 0.337 e. The van der Waals surface area contributed by atoms with E-state index in [-0.39, 0.29) is 5.56 Å². The van der Waals surface area contributed by atoms with Crippen LogP contribution in [-0.4, -0.2) is 40.1 Å². The fourth-order valence-electron chi connectivity index (χ4n) is 3.41. The van der Waals surface area contributed by atoms with Crippen molar-refractivity contribution in [2.75, 3.05) is 19.5 Å². The third-order valence-corrected chi connectivity index (χ3v) is 5.86. The third-order valence-electron chi connectivity index (χ3n) is 5.02. The van der Waals surface area contributed by atoms with Crippen molar-refractivity contribution in [2.24, 2.45) is 0 Å². The molecule has 4 rings (SSSR count). The number of benzene rings is 2. The quantitative estimate of drug-likeness (QED) is 0.405. The average molecular weight is 451 g/mol. The van der Waals surface area contributed by atoms with Crippen LogP contribution in [0, 0.1) is 13.8 Å². The second-order valence-corrected chi connectivity index (χ2v) is 7.90. The van der Waals surface area contributed by atoms with Crippen molar-refractivity contribution in [1.82, 2.24) is 14.8 Å². The monoisotopic (exact) mass is 450 g/mol. The minimum atomic E-state index is -1.07. The van der Waals surface area contributed by atoms with E-state index in [9.17, 15) is 9.90 Å². The number of para-hydroxylation sites is 1. The van der Waals surface area contributed by atoms with E-state index in [0.717, 1.165) is 22.5 Å². The number of hydrogen-bond donors (Lipinski definition) is 2. The third kappa shape index (κ3) is 3.90. The van der Waals surface area contributed by atoms with Crippen molar-refractivity contribution in [2.45, 2.75) is 13.8 Å². The summed E-state index contributed by atoms with van der Waals surface area (Å²) in [5.74, 6) is 0.514. The molecule has 8 nitrogen and oxygen atoms in total. The van der Waals surface area contributed by atoms with Crippen molar-refractivity contribution >= 4 is 28.8 Å². The molecule has 0 bridgehead atoms. The number of hydrogen-bond acceptors (Lipinski definition) is 7. The highest BCUT2D eigenvalue weighted by molar-refractivity contribution is 7.13. The first-order valence-corrected chi connectivity index (χ1v) is 10.6. The summed E-state index contributed by atoms with van der Waals surface area (Å²) in [4.78, 5) is 16.5. The number of carboxylic acid groups (broad SMARTS) is 1. The van der Waals surface area contributed by atoms with Gasteiger partial charge in [0.05, 0.1) is 47.8 Å². The molecule has 9 heteroatoms. The molecule has 0 radical (unpaired) electrons. The van der Waals surface area contributed by atoms with E-state index >= 15 is 0 Å². The predicted molar refractivity (Wildman–Crippen MR) is 124 cm³/mol. The van der Waals surface area contributed by atoms with E-state index in [1.807, 2.05) is 43.5 Å². The highest BCUT2D eigenvalue weighted by atomic mass is 32.1. The molecule has 32 heavy (non-hydrogen) atoms. The van der Waals surface area contributed by atoms with Crippen LogP contribution in [0.15, 0.2) is 47.8 Å². The van der Waals surface area contributed by atoms with E-state index in [4.69, 9.17) is 14.6 Å². The topological polar surface area (TPSA) is 98.5 Å². The van der Waals surface area contributed by atoms with E-state index in [1.165, 1.54) is 24.5 Å².